The molecule has 1 nitrogen and oxygen atoms in total. The van der Waals surface area contributed by atoms with Gasteiger partial charge in [-0.15, -0.1) is 0 Å². The first-order valence-electron chi connectivity index (χ1n) is 20.0. The summed E-state index contributed by atoms with van der Waals surface area (Å²) in [4.78, 5) is 2.36. The summed E-state index contributed by atoms with van der Waals surface area (Å²) >= 11 is 0. The lowest BCUT2D eigenvalue weighted by atomic mass is 9.81. The summed E-state index contributed by atoms with van der Waals surface area (Å²) in [5.41, 5.74) is 18.7. The van der Waals surface area contributed by atoms with Gasteiger partial charge < -0.3 is 4.90 Å². The van der Waals surface area contributed by atoms with Gasteiger partial charge in [0.25, 0.3) is 0 Å². The standard InChI is InChI=1S/C50H63N/c1-7-9-11-14-38(3)15-13-17-41(6)51(40(5)16-12-10-8-2)50-36-34-49(35-37-50)48-32-30-47(31-33-48)46-28-26-45(27-29-46)44-24-22-43(23-25-44)42-20-18-39(4)19-21-42/h10,12-14,16-18,20,22,24,26,28,30,32,34,36H,6-9,11,15,19,21,23,25,27,29,31,33,35,37H2,1-5H3/b12-10-,17-13-,38-14+,40-16+. The molecule has 0 atom stereocenters. The first-order chi connectivity index (χ1) is 24.9. The maximum Gasteiger partial charge on any atom is 0.0380 e. The SMILES string of the molecule is C=C(/C=C\C/C(C)=C/CCCC)N(C1=CC=C(C2=CC=C(C3=CC=C(C4=CC=C(C5=CC=C(C)CC5)CC4)CC3)CC2)CC1)/C(C)=C/C=C\CC. The van der Waals surface area contributed by atoms with Crippen molar-refractivity contribution in [2.45, 2.75) is 131 Å². The van der Waals surface area contributed by atoms with E-state index in [9.17, 15) is 0 Å². The first kappa shape index (κ1) is 38.1. The number of nitrogens with zero attached hydrogens (tertiary/aromatic N) is 1. The summed E-state index contributed by atoms with van der Waals surface area (Å²) in [7, 11) is 0. The van der Waals surface area contributed by atoms with Crippen molar-refractivity contribution >= 4 is 0 Å². The van der Waals surface area contributed by atoms with Crippen LogP contribution in [0.1, 0.15) is 131 Å². The van der Waals surface area contributed by atoms with Crippen LogP contribution in [0.4, 0.5) is 0 Å². The zero-order valence-electron chi connectivity index (χ0n) is 32.5. The van der Waals surface area contributed by atoms with Crippen molar-refractivity contribution in [2.24, 2.45) is 0 Å². The minimum atomic E-state index is 0.976. The fraction of sp³-hybridized carbons (Fsp3) is 0.400. The molecule has 0 heterocycles. The highest BCUT2D eigenvalue weighted by atomic mass is 15.2. The van der Waals surface area contributed by atoms with Crippen molar-refractivity contribution in [2.75, 3.05) is 0 Å². The Morgan fingerprint density at radius 2 is 1.10 bits per heavy atom. The summed E-state index contributed by atoms with van der Waals surface area (Å²) in [5.74, 6) is 0. The van der Waals surface area contributed by atoms with E-state index < -0.39 is 0 Å². The van der Waals surface area contributed by atoms with Gasteiger partial charge in [0.15, 0.2) is 0 Å². The molecule has 0 N–H and O–H groups in total. The largest absolute Gasteiger partial charge is 0.319 e. The van der Waals surface area contributed by atoms with E-state index in [1.54, 1.807) is 16.7 Å². The number of hydrogen-bond acceptors (Lipinski definition) is 1. The Labute approximate surface area is 311 Å². The molecular weight excluding hydrogens is 615 g/mol. The Hall–Kier alpha value is -4.10. The lowest BCUT2D eigenvalue weighted by Crippen LogP contribution is -2.20. The fourth-order valence-electron chi connectivity index (χ4n) is 7.75. The molecule has 268 valence electrons. The van der Waals surface area contributed by atoms with Crippen LogP contribution in [0.25, 0.3) is 0 Å². The van der Waals surface area contributed by atoms with Gasteiger partial charge >= 0.3 is 0 Å². The molecule has 0 saturated heterocycles. The molecule has 0 aromatic carbocycles. The van der Waals surface area contributed by atoms with Crippen LogP contribution < -0.4 is 0 Å². The lowest BCUT2D eigenvalue weighted by molar-refractivity contribution is 0.514. The Morgan fingerprint density at radius 1 is 0.627 bits per heavy atom. The molecule has 0 fully saturated rings. The summed E-state index contributed by atoms with van der Waals surface area (Å²) in [5, 5.41) is 0. The molecule has 0 radical (unpaired) electrons. The van der Waals surface area contributed by atoms with Gasteiger partial charge in [-0.3, -0.25) is 0 Å². The van der Waals surface area contributed by atoms with Gasteiger partial charge in [-0.25, -0.2) is 0 Å². The van der Waals surface area contributed by atoms with Crippen molar-refractivity contribution in [1.29, 1.82) is 0 Å². The Kier molecular flexibility index (Phi) is 14.6. The minimum Gasteiger partial charge on any atom is -0.319 e. The summed E-state index contributed by atoms with van der Waals surface area (Å²) in [6.07, 6.45) is 54.4. The molecule has 5 rings (SSSR count). The van der Waals surface area contributed by atoms with Crippen LogP contribution in [0.2, 0.25) is 0 Å². The topological polar surface area (TPSA) is 3.24 Å². The molecule has 0 aliphatic heterocycles. The van der Waals surface area contributed by atoms with Crippen molar-refractivity contribution in [3.05, 3.63) is 177 Å². The number of hydrogen-bond donors (Lipinski definition) is 0. The van der Waals surface area contributed by atoms with E-state index in [1.807, 2.05) is 0 Å². The number of rotatable bonds is 15. The van der Waals surface area contributed by atoms with Gasteiger partial charge in [0, 0.05) is 17.1 Å². The highest BCUT2D eigenvalue weighted by Gasteiger charge is 2.21. The molecular formula is C50H63N. The summed E-state index contributed by atoms with van der Waals surface area (Å²) in [6, 6.07) is 0. The average Bonchev–Trinajstić information content (AvgIpc) is 3.16. The van der Waals surface area contributed by atoms with E-state index >= 15 is 0 Å². The van der Waals surface area contributed by atoms with Gasteiger partial charge in [0.05, 0.1) is 0 Å². The molecule has 0 aromatic heterocycles. The highest BCUT2D eigenvalue weighted by Crippen LogP contribution is 2.39. The second kappa shape index (κ2) is 19.5. The molecule has 51 heavy (non-hydrogen) atoms. The first-order valence-corrected chi connectivity index (χ1v) is 20.0. The zero-order chi connectivity index (χ0) is 36.0. The predicted octanol–water partition coefficient (Wildman–Crippen LogP) is 15.0. The van der Waals surface area contributed by atoms with Gasteiger partial charge in [0.2, 0.25) is 0 Å². The van der Waals surface area contributed by atoms with E-state index in [2.05, 4.69) is 143 Å². The predicted molar refractivity (Wildman–Crippen MR) is 224 cm³/mol. The highest BCUT2D eigenvalue weighted by molar-refractivity contribution is 5.52. The van der Waals surface area contributed by atoms with Crippen LogP contribution in [-0.4, -0.2) is 4.90 Å². The number of allylic oxidation sites excluding steroid dienone is 28. The quantitative estimate of drug-likeness (QED) is 0.0947. The molecule has 0 spiro atoms. The van der Waals surface area contributed by atoms with Crippen molar-refractivity contribution in [3.8, 4) is 0 Å². The van der Waals surface area contributed by atoms with Gasteiger partial charge in [-0.05, 0) is 167 Å². The van der Waals surface area contributed by atoms with E-state index in [-0.39, 0.29) is 0 Å². The summed E-state index contributed by atoms with van der Waals surface area (Å²) < 4.78 is 0. The van der Waals surface area contributed by atoms with Crippen LogP contribution in [0.15, 0.2) is 177 Å². The van der Waals surface area contributed by atoms with E-state index in [1.165, 1.54) is 95.4 Å². The molecule has 0 saturated carbocycles. The van der Waals surface area contributed by atoms with Gasteiger partial charge in [-0.1, -0.05) is 123 Å². The van der Waals surface area contributed by atoms with Crippen LogP contribution in [0.5, 0.6) is 0 Å². The third-order valence-electron chi connectivity index (χ3n) is 11.0. The monoisotopic (exact) mass is 677 g/mol. The normalized spacial score (nSPS) is 20.4. The fourth-order valence-corrected chi connectivity index (χ4v) is 7.75. The Balaban J connectivity index is 1.24. The van der Waals surface area contributed by atoms with Crippen LogP contribution in [0.3, 0.4) is 0 Å². The number of unbranched alkanes of at least 4 members (excludes halogenated alkanes) is 2. The maximum absolute atomic E-state index is 4.52. The maximum atomic E-state index is 4.52. The third-order valence-corrected chi connectivity index (χ3v) is 11.0. The van der Waals surface area contributed by atoms with Gasteiger partial charge in [0.1, 0.15) is 0 Å². The summed E-state index contributed by atoms with van der Waals surface area (Å²) in [6.45, 7) is 15.6. The Morgan fingerprint density at radius 3 is 1.51 bits per heavy atom. The minimum absolute atomic E-state index is 0.976. The lowest BCUT2D eigenvalue weighted by Gasteiger charge is -2.31. The van der Waals surface area contributed by atoms with E-state index in [4.69, 9.17) is 0 Å². The molecule has 0 unspecified atom stereocenters. The zero-order valence-corrected chi connectivity index (χ0v) is 32.5. The van der Waals surface area contributed by atoms with Crippen molar-refractivity contribution in [1.82, 2.24) is 4.90 Å². The molecule has 5 aliphatic rings. The smallest absolute Gasteiger partial charge is 0.0380 e. The van der Waals surface area contributed by atoms with E-state index in [0.717, 1.165) is 57.1 Å². The van der Waals surface area contributed by atoms with Crippen LogP contribution >= 0.6 is 0 Å². The average molecular weight is 678 g/mol. The van der Waals surface area contributed by atoms with E-state index in [0.29, 0.717) is 0 Å². The van der Waals surface area contributed by atoms with Crippen LogP contribution in [0, 0.1) is 0 Å². The molecule has 1 heteroatoms. The third kappa shape index (κ3) is 10.9. The van der Waals surface area contributed by atoms with Gasteiger partial charge in [-0.2, -0.15) is 0 Å². The molecule has 0 aromatic rings. The van der Waals surface area contributed by atoms with Crippen molar-refractivity contribution in [3.63, 3.8) is 0 Å². The molecule has 5 aliphatic carbocycles. The second-order valence-electron chi connectivity index (χ2n) is 15.0. The van der Waals surface area contributed by atoms with Crippen molar-refractivity contribution < 1.29 is 0 Å². The molecule has 0 bridgehead atoms. The van der Waals surface area contributed by atoms with Crippen LogP contribution in [-0.2, 0) is 0 Å². The second-order valence-corrected chi connectivity index (χ2v) is 15.0. The Bertz CT molecular complexity index is 1750. The molecule has 0 amide bonds.